The van der Waals surface area contributed by atoms with E-state index >= 15 is 0 Å². The Morgan fingerprint density at radius 3 is 2.35 bits per heavy atom. The summed E-state index contributed by atoms with van der Waals surface area (Å²) in [6.07, 6.45) is 1.15. The number of aryl methyl sites for hydroxylation is 1. The van der Waals surface area contributed by atoms with Crippen molar-refractivity contribution in [1.29, 1.82) is 0 Å². The number of rotatable bonds is 5. The van der Waals surface area contributed by atoms with E-state index in [1.807, 2.05) is 11.3 Å². The van der Waals surface area contributed by atoms with E-state index in [0.717, 1.165) is 13.0 Å². The van der Waals surface area contributed by atoms with Crippen LogP contribution in [0.1, 0.15) is 57.3 Å². The second-order valence-electron chi connectivity index (χ2n) is 6.05. The van der Waals surface area contributed by atoms with Gasteiger partial charge in [0.05, 0.1) is 0 Å². The van der Waals surface area contributed by atoms with Crippen molar-refractivity contribution in [2.24, 2.45) is 11.3 Å². The van der Waals surface area contributed by atoms with E-state index in [0.29, 0.717) is 17.4 Å². The Balaban J connectivity index is 2.47. The van der Waals surface area contributed by atoms with Crippen molar-refractivity contribution in [2.75, 3.05) is 6.54 Å². The minimum Gasteiger partial charge on any atom is -0.309 e. The minimum atomic E-state index is 0.386. The maximum Gasteiger partial charge on any atom is 0.0386 e. The lowest BCUT2D eigenvalue weighted by Gasteiger charge is -2.28. The lowest BCUT2D eigenvalue weighted by molar-refractivity contribution is 0.247. The van der Waals surface area contributed by atoms with Crippen molar-refractivity contribution >= 4 is 11.3 Å². The van der Waals surface area contributed by atoms with Crippen LogP contribution in [0, 0.1) is 11.3 Å². The monoisotopic (exact) mass is 253 g/mol. The van der Waals surface area contributed by atoms with E-state index in [4.69, 9.17) is 0 Å². The Morgan fingerprint density at radius 1 is 1.24 bits per heavy atom. The smallest absolute Gasteiger partial charge is 0.0386 e. The van der Waals surface area contributed by atoms with Crippen LogP contribution in [0.3, 0.4) is 0 Å². The topological polar surface area (TPSA) is 12.0 Å². The van der Waals surface area contributed by atoms with Crippen molar-refractivity contribution in [3.05, 3.63) is 21.9 Å². The first kappa shape index (κ1) is 14.7. The summed E-state index contributed by atoms with van der Waals surface area (Å²) in [7, 11) is 0. The van der Waals surface area contributed by atoms with E-state index in [1.165, 1.54) is 9.75 Å². The van der Waals surface area contributed by atoms with Gasteiger partial charge < -0.3 is 5.32 Å². The molecule has 0 amide bonds. The summed E-state index contributed by atoms with van der Waals surface area (Å²) < 4.78 is 0. The van der Waals surface area contributed by atoms with Crippen LogP contribution in [-0.4, -0.2) is 6.54 Å². The zero-order valence-electron chi connectivity index (χ0n) is 12.1. The highest BCUT2D eigenvalue weighted by atomic mass is 32.1. The van der Waals surface area contributed by atoms with E-state index < -0.39 is 0 Å². The van der Waals surface area contributed by atoms with Crippen molar-refractivity contribution in [3.8, 4) is 0 Å². The highest BCUT2D eigenvalue weighted by Crippen LogP contribution is 2.27. The van der Waals surface area contributed by atoms with Gasteiger partial charge in [0.1, 0.15) is 0 Å². The quantitative estimate of drug-likeness (QED) is 0.806. The van der Waals surface area contributed by atoms with Gasteiger partial charge in [0.25, 0.3) is 0 Å². The molecule has 0 spiro atoms. The molecule has 2 unspecified atom stereocenters. The van der Waals surface area contributed by atoms with Crippen LogP contribution >= 0.6 is 11.3 Å². The van der Waals surface area contributed by atoms with Crippen LogP contribution in [0.4, 0.5) is 0 Å². The molecule has 98 valence electrons. The van der Waals surface area contributed by atoms with Gasteiger partial charge in [0.2, 0.25) is 0 Å². The molecule has 17 heavy (non-hydrogen) atoms. The normalized spacial score (nSPS) is 15.9. The molecule has 0 saturated carbocycles. The molecule has 2 atom stereocenters. The fourth-order valence-electron chi connectivity index (χ4n) is 1.58. The number of nitrogens with one attached hydrogen (secondary N) is 1. The molecule has 1 aromatic rings. The molecule has 0 fully saturated rings. The van der Waals surface area contributed by atoms with Gasteiger partial charge in [0, 0.05) is 15.8 Å². The van der Waals surface area contributed by atoms with E-state index in [2.05, 4.69) is 59.0 Å². The molecular formula is C15H27NS. The third-order valence-electron chi connectivity index (χ3n) is 3.67. The fraction of sp³-hybridized carbons (Fsp3) is 0.733. The Morgan fingerprint density at radius 2 is 1.88 bits per heavy atom. The van der Waals surface area contributed by atoms with Gasteiger partial charge in [-0.3, -0.25) is 0 Å². The second-order valence-corrected chi connectivity index (χ2v) is 7.25. The van der Waals surface area contributed by atoms with Crippen LogP contribution in [-0.2, 0) is 6.42 Å². The molecule has 0 radical (unpaired) electrons. The van der Waals surface area contributed by atoms with Gasteiger partial charge in [-0.15, -0.1) is 11.3 Å². The van der Waals surface area contributed by atoms with Gasteiger partial charge in [-0.05, 0) is 43.4 Å². The van der Waals surface area contributed by atoms with Crippen LogP contribution in [0.2, 0.25) is 0 Å². The molecule has 1 nitrogen and oxygen atoms in total. The van der Waals surface area contributed by atoms with Crippen molar-refractivity contribution in [3.63, 3.8) is 0 Å². The molecule has 0 bridgehead atoms. The van der Waals surface area contributed by atoms with E-state index in [-0.39, 0.29) is 0 Å². The molecule has 0 aliphatic heterocycles. The van der Waals surface area contributed by atoms with Crippen molar-refractivity contribution in [1.82, 2.24) is 5.32 Å². The number of hydrogen-bond acceptors (Lipinski definition) is 2. The Kier molecular flexibility index (Phi) is 5.21. The second kappa shape index (κ2) is 6.01. The lowest BCUT2D eigenvalue weighted by Crippen LogP contribution is -2.31. The van der Waals surface area contributed by atoms with Crippen LogP contribution in [0.5, 0.6) is 0 Å². The summed E-state index contributed by atoms with van der Waals surface area (Å²) in [5.74, 6) is 0.690. The highest BCUT2D eigenvalue weighted by Gasteiger charge is 2.20. The van der Waals surface area contributed by atoms with Crippen molar-refractivity contribution in [2.45, 2.75) is 54.0 Å². The van der Waals surface area contributed by atoms with Gasteiger partial charge >= 0.3 is 0 Å². The molecule has 1 rings (SSSR count). The first-order valence-electron chi connectivity index (χ1n) is 6.66. The zero-order chi connectivity index (χ0) is 13.1. The predicted octanol–water partition coefficient (Wildman–Crippen LogP) is 4.64. The van der Waals surface area contributed by atoms with Crippen LogP contribution < -0.4 is 5.32 Å². The Bertz CT molecular complexity index is 335. The summed E-state index contributed by atoms with van der Waals surface area (Å²) in [6, 6.07) is 5.00. The molecule has 0 aromatic carbocycles. The standard InChI is InChI=1S/C15H27NS/c1-7-13-8-9-14(17-13)12(3)16-10-11(2)15(4,5)6/h8-9,11-12,16H,7,10H2,1-6H3. The SMILES string of the molecule is CCc1ccc(C(C)NCC(C)C(C)(C)C)s1. The van der Waals surface area contributed by atoms with Gasteiger partial charge in [0.15, 0.2) is 0 Å². The molecule has 0 saturated heterocycles. The third-order valence-corrected chi connectivity index (χ3v) is 5.08. The summed E-state index contributed by atoms with van der Waals surface area (Å²) >= 11 is 1.94. The molecule has 0 aliphatic carbocycles. The van der Waals surface area contributed by atoms with Gasteiger partial charge in [-0.1, -0.05) is 34.6 Å². The number of hydrogen-bond donors (Lipinski definition) is 1. The lowest BCUT2D eigenvalue weighted by atomic mass is 9.82. The van der Waals surface area contributed by atoms with Gasteiger partial charge in [-0.25, -0.2) is 0 Å². The molecule has 1 aromatic heterocycles. The molecule has 0 aliphatic rings. The summed E-state index contributed by atoms with van der Waals surface area (Å²) in [5.41, 5.74) is 0.386. The highest BCUT2D eigenvalue weighted by molar-refractivity contribution is 7.12. The average Bonchev–Trinajstić information content (AvgIpc) is 2.72. The largest absolute Gasteiger partial charge is 0.309 e. The average molecular weight is 253 g/mol. The Labute approximate surface area is 111 Å². The summed E-state index contributed by atoms with van der Waals surface area (Å²) in [6.45, 7) is 14.8. The van der Waals surface area contributed by atoms with Crippen molar-refractivity contribution < 1.29 is 0 Å². The fourth-order valence-corrected chi connectivity index (χ4v) is 2.56. The maximum absolute atomic E-state index is 3.65. The third kappa shape index (κ3) is 4.44. The summed E-state index contributed by atoms with van der Waals surface area (Å²) in [5, 5.41) is 3.65. The molecular weight excluding hydrogens is 226 g/mol. The minimum absolute atomic E-state index is 0.386. The molecule has 1 heterocycles. The molecule has 1 N–H and O–H groups in total. The number of thiophene rings is 1. The summed E-state index contributed by atoms with van der Waals surface area (Å²) in [4.78, 5) is 2.94. The first-order valence-corrected chi connectivity index (χ1v) is 7.48. The van der Waals surface area contributed by atoms with Gasteiger partial charge in [-0.2, -0.15) is 0 Å². The zero-order valence-corrected chi connectivity index (χ0v) is 12.9. The maximum atomic E-state index is 3.65. The molecule has 2 heteroatoms. The van der Waals surface area contributed by atoms with E-state index in [9.17, 15) is 0 Å². The van der Waals surface area contributed by atoms with Crippen LogP contribution in [0.25, 0.3) is 0 Å². The Hall–Kier alpha value is -0.340. The van der Waals surface area contributed by atoms with Crippen LogP contribution in [0.15, 0.2) is 12.1 Å². The first-order chi connectivity index (χ1) is 7.84. The van der Waals surface area contributed by atoms with E-state index in [1.54, 1.807) is 0 Å². The predicted molar refractivity (Wildman–Crippen MR) is 78.7 cm³/mol.